The summed E-state index contributed by atoms with van der Waals surface area (Å²) in [5.41, 5.74) is 1.24. The standard InChI is InChI=1S/C32H22NO/c1-2-7-22(8-3-1)21-33-20-19-23-9-4-5-12-27(23)32(33)34-29-18-16-26-14-13-24-10-6-11-25-15-17-28(29)31(26)30(24)25/h1-20H,21H2/q+1. The Balaban J connectivity index is 1.45. The molecule has 0 bridgehead atoms. The summed E-state index contributed by atoms with van der Waals surface area (Å²) in [5, 5.41) is 9.74. The van der Waals surface area contributed by atoms with E-state index in [0.29, 0.717) is 0 Å². The van der Waals surface area contributed by atoms with Crippen LogP contribution in [0, 0.1) is 0 Å². The highest BCUT2D eigenvalue weighted by atomic mass is 16.5. The Hall–Kier alpha value is -4.43. The highest BCUT2D eigenvalue weighted by Crippen LogP contribution is 2.40. The van der Waals surface area contributed by atoms with Gasteiger partial charge in [0.15, 0.2) is 12.7 Å². The predicted molar refractivity (Wildman–Crippen MR) is 140 cm³/mol. The summed E-state index contributed by atoms with van der Waals surface area (Å²) in [6.07, 6.45) is 2.13. The number of hydrogen-bond donors (Lipinski definition) is 0. The molecule has 160 valence electrons. The first kappa shape index (κ1) is 19.1. The average Bonchev–Trinajstić information content (AvgIpc) is 2.90. The zero-order valence-corrected chi connectivity index (χ0v) is 18.6. The second kappa shape index (κ2) is 7.57. The van der Waals surface area contributed by atoms with Gasteiger partial charge in [0, 0.05) is 22.4 Å². The molecule has 6 aromatic carbocycles. The zero-order chi connectivity index (χ0) is 22.5. The predicted octanol–water partition coefficient (Wildman–Crippen LogP) is 7.87. The Morgan fingerprint density at radius 3 is 2.03 bits per heavy atom. The number of hydrogen-bond acceptors (Lipinski definition) is 1. The van der Waals surface area contributed by atoms with E-state index in [1.165, 1.54) is 37.9 Å². The summed E-state index contributed by atoms with van der Waals surface area (Å²) in [5.74, 6) is 1.74. The van der Waals surface area contributed by atoms with Crippen molar-refractivity contribution in [3.05, 3.63) is 127 Å². The molecule has 0 aliphatic heterocycles. The fraction of sp³-hybridized carbons (Fsp3) is 0.0312. The molecule has 0 N–H and O–H groups in total. The average molecular weight is 437 g/mol. The van der Waals surface area contributed by atoms with Crippen LogP contribution in [0.3, 0.4) is 0 Å². The van der Waals surface area contributed by atoms with E-state index < -0.39 is 0 Å². The minimum absolute atomic E-state index is 0.743. The zero-order valence-electron chi connectivity index (χ0n) is 18.6. The largest absolute Gasteiger partial charge is 0.404 e. The molecule has 0 aliphatic carbocycles. The molecule has 0 saturated heterocycles. The Bertz CT molecular complexity index is 1790. The second-order valence-corrected chi connectivity index (χ2v) is 8.84. The lowest BCUT2D eigenvalue weighted by atomic mass is 9.94. The summed E-state index contributed by atoms with van der Waals surface area (Å²) in [6, 6.07) is 40.7. The van der Waals surface area contributed by atoms with Gasteiger partial charge in [-0.25, -0.2) is 0 Å². The molecule has 1 aromatic heterocycles. The van der Waals surface area contributed by atoms with Crippen LogP contribution >= 0.6 is 0 Å². The second-order valence-electron chi connectivity index (χ2n) is 8.84. The van der Waals surface area contributed by atoms with Crippen molar-refractivity contribution in [1.82, 2.24) is 0 Å². The highest BCUT2D eigenvalue weighted by molar-refractivity contribution is 6.24. The van der Waals surface area contributed by atoms with Gasteiger partial charge in [-0.1, -0.05) is 91.0 Å². The molecule has 0 atom stereocenters. The van der Waals surface area contributed by atoms with E-state index in [4.69, 9.17) is 4.74 Å². The maximum Gasteiger partial charge on any atom is 0.381 e. The molecule has 0 radical (unpaired) electrons. The Labute approximate surface area is 197 Å². The molecule has 7 rings (SSSR count). The van der Waals surface area contributed by atoms with Crippen LogP contribution in [-0.4, -0.2) is 0 Å². The normalized spacial score (nSPS) is 11.6. The molecular formula is C32H22NO+. The third-order valence-corrected chi connectivity index (χ3v) is 6.78. The van der Waals surface area contributed by atoms with Crippen LogP contribution in [0.15, 0.2) is 121 Å². The van der Waals surface area contributed by atoms with E-state index in [1.54, 1.807) is 0 Å². The summed E-state index contributed by atoms with van der Waals surface area (Å²) < 4.78 is 9.02. The highest BCUT2D eigenvalue weighted by Gasteiger charge is 2.20. The first-order chi connectivity index (χ1) is 16.8. The van der Waals surface area contributed by atoms with Crippen LogP contribution in [0.4, 0.5) is 0 Å². The molecule has 34 heavy (non-hydrogen) atoms. The maximum atomic E-state index is 6.82. The maximum absolute atomic E-state index is 6.82. The van der Waals surface area contributed by atoms with Crippen LogP contribution in [-0.2, 0) is 6.54 Å². The monoisotopic (exact) mass is 436 g/mol. The number of benzene rings is 6. The quantitative estimate of drug-likeness (QED) is 0.202. The van der Waals surface area contributed by atoms with E-state index in [9.17, 15) is 0 Å². The van der Waals surface area contributed by atoms with E-state index in [-0.39, 0.29) is 0 Å². The van der Waals surface area contributed by atoms with E-state index in [0.717, 1.165) is 28.9 Å². The summed E-state index contributed by atoms with van der Waals surface area (Å²) in [4.78, 5) is 0. The molecule has 2 nitrogen and oxygen atoms in total. The van der Waals surface area contributed by atoms with Crippen molar-refractivity contribution in [1.29, 1.82) is 0 Å². The summed E-state index contributed by atoms with van der Waals surface area (Å²) >= 11 is 0. The van der Waals surface area contributed by atoms with Crippen LogP contribution in [0.25, 0.3) is 43.1 Å². The molecule has 0 saturated carbocycles. The van der Waals surface area contributed by atoms with Gasteiger partial charge in [-0.3, -0.25) is 0 Å². The lowest BCUT2D eigenvalue weighted by molar-refractivity contribution is -0.690. The van der Waals surface area contributed by atoms with Gasteiger partial charge in [0.25, 0.3) is 0 Å². The van der Waals surface area contributed by atoms with Gasteiger partial charge in [0.1, 0.15) is 5.75 Å². The van der Waals surface area contributed by atoms with Gasteiger partial charge in [0.05, 0.1) is 5.39 Å². The molecule has 0 fully saturated rings. The Morgan fingerprint density at radius 1 is 0.500 bits per heavy atom. The lowest BCUT2D eigenvalue weighted by Gasteiger charge is -2.14. The molecule has 0 spiro atoms. The van der Waals surface area contributed by atoms with Crippen molar-refractivity contribution in [2.24, 2.45) is 0 Å². The number of aromatic nitrogens is 1. The van der Waals surface area contributed by atoms with Gasteiger partial charge < -0.3 is 4.74 Å². The van der Waals surface area contributed by atoms with Crippen molar-refractivity contribution < 1.29 is 9.30 Å². The van der Waals surface area contributed by atoms with Crippen LogP contribution < -0.4 is 9.30 Å². The Morgan fingerprint density at radius 2 is 1.18 bits per heavy atom. The molecule has 0 aliphatic rings. The molecular weight excluding hydrogens is 414 g/mol. The SMILES string of the molecule is c1ccc(C[n+]2ccc3ccccc3c2Oc2ccc3ccc4cccc5ccc2c3c45)cc1. The van der Waals surface area contributed by atoms with Crippen LogP contribution in [0.1, 0.15) is 5.56 Å². The fourth-order valence-electron chi connectivity index (χ4n) is 5.15. The van der Waals surface area contributed by atoms with E-state index in [2.05, 4.69) is 126 Å². The number of nitrogens with zero attached hydrogens (tertiary/aromatic N) is 1. The molecule has 7 aromatic rings. The molecule has 0 amide bonds. The van der Waals surface area contributed by atoms with Crippen molar-refractivity contribution in [2.75, 3.05) is 0 Å². The van der Waals surface area contributed by atoms with Gasteiger partial charge in [-0.2, -0.15) is 4.57 Å². The topological polar surface area (TPSA) is 13.1 Å². The minimum Gasteiger partial charge on any atom is -0.404 e. The van der Waals surface area contributed by atoms with Crippen molar-refractivity contribution in [3.63, 3.8) is 0 Å². The van der Waals surface area contributed by atoms with Crippen molar-refractivity contribution in [2.45, 2.75) is 6.54 Å². The Kier molecular flexibility index (Phi) is 4.25. The smallest absolute Gasteiger partial charge is 0.381 e. The molecule has 1 heterocycles. The fourth-order valence-corrected chi connectivity index (χ4v) is 5.15. The summed E-state index contributed by atoms with van der Waals surface area (Å²) in [7, 11) is 0. The van der Waals surface area contributed by atoms with E-state index >= 15 is 0 Å². The van der Waals surface area contributed by atoms with Gasteiger partial charge in [-0.15, -0.1) is 0 Å². The first-order valence-electron chi connectivity index (χ1n) is 11.6. The number of rotatable bonds is 4. The van der Waals surface area contributed by atoms with Crippen molar-refractivity contribution in [3.8, 4) is 11.6 Å². The molecule has 0 unspecified atom stereocenters. The van der Waals surface area contributed by atoms with Gasteiger partial charge in [0.2, 0.25) is 0 Å². The lowest BCUT2D eigenvalue weighted by Crippen LogP contribution is -2.35. The number of ether oxygens (including phenoxy) is 1. The number of fused-ring (bicyclic) bond motifs is 1. The first-order valence-corrected chi connectivity index (χ1v) is 11.6. The van der Waals surface area contributed by atoms with Gasteiger partial charge in [-0.05, 0) is 45.1 Å². The third-order valence-electron chi connectivity index (χ3n) is 6.78. The van der Waals surface area contributed by atoms with E-state index in [1.807, 2.05) is 0 Å². The van der Waals surface area contributed by atoms with Crippen LogP contribution in [0.2, 0.25) is 0 Å². The van der Waals surface area contributed by atoms with Crippen molar-refractivity contribution >= 4 is 43.1 Å². The van der Waals surface area contributed by atoms with Crippen LogP contribution in [0.5, 0.6) is 11.6 Å². The molecule has 2 heteroatoms. The summed E-state index contributed by atoms with van der Waals surface area (Å²) in [6.45, 7) is 0.743. The third kappa shape index (κ3) is 3.00. The van der Waals surface area contributed by atoms with Gasteiger partial charge >= 0.3 is 5.88 Å². The minimum atomic E-state index is 0.743. The number of pyridine rings is 1.